The number of halogens is 3. The summed E-state index contributed by atoms with van der Waals surface area (Å²) < 4.78 is 42.9. The molecule has 0 spiro atoms. The van der Waals surface area contributed by atoms with Crippen LogP contribution in [0, 0.1) is 0 Å². The Labute approximate surface area is 166 Å². The van der Waals surface area contributed by atoms with Crippen molar-refractivity contribution < 1.29 is 27.5 Å². The van der Waals surface area contributed by atoms with Gasteiger partial charge in [0.2, 0.25) is 5.91 Å². The van der Waals surface area contributed by atoms with E-state index in [1.54, 1.807) is 29.2 Å². The average molecular weight is 406 g/mol. The van der Waals surface area contributed by atoms with Crippen molar-refractivity contribution in [3.8, 4) is 5.75 Å². The number of benzene rings is 2. The van der Waals surface area contributed by atoms with E-state index in [4.69, 9.17) is 4.74 Å². The third-order valence-electron chi connectivity index (χ3n) is 4.60. The zero-order valence-corrected chi connectivity index (χ0v) is 15.7. The molecular formula is C21H21F3N2O3. The summed E-state index contributed by atoms with van der Waals surface area (Å²) in [6.07, 6.45) is -1.97. The molecule has 0 saturated carbocycles. The number of alkyl halides is 3. The van der Waals surface area contributed by atoms with Gasteiger partial charge in [-0.3, -0.25) is 9.59 Å². The zero-order chi connectivity index (χ0) is 20.9. The topological polar surface area (TPSA) is 58.6 Å². The van der Waals surface area contributed by atoms with E-state index >= 15 is 0 Å². The number of amides is 2. The van der Waals surface area contributed by atoms with Gasteiger partial charge in [-0.25, -0.2) is 0 Å². The Balaban J connectivity index is 1.45. The monoisotopic (exact) mass is 406 g/mol. The van der Waals surface area contributed by atoms with Gasteiger partial charge in [-0.05, 0) is 61.4 Å². The highest BCUT2D eigenvalue weighted by molar-refractivity contribution is 5.96. The largest absolute Gasteiger partial charge is 0.492 e. The van der Waals surface area contributed by atoms with Crippen molar-refractivity contribution in [2.24, 2.45) is 0 Å². The predicted octanol–water partition coefficient (Wildman–Crippen LogP) is 4.03. The number of carbonyl (C=O) groups excluding carboxylic acids is 2. The number of hydrogen-bond acceptors (Lipinski definition) is 3. The Morgan fingerprint density at radius 3 is 2.34 bits per heavy atom. The van der Waals surface area contributed by atoms with E-state index in [1.807, 2.05) is 0 Å². The summed E-state index contributed by atoms with van der Waals surface area (Å²) in [5.41, 5.74) is 0.484. The molecule has 0 radical (unpaired) electrons. The van der Waals surface area contributed by atoms with Crippen LogP contribution in [0.1, 0.15) is 35.2 Å². The highest BCUT2D eigenvalue weighted by Crippen LogP contribution is 2.30. The third kappa shape index (κ3) is 5.49. The minimum absolute atomic E-state index is 0.0915. The van der Waals surface area contributed by atoms with Crippen LogP contribution in [0.15, 0.2) is 48.5 Å². The number of rotatable bonds is 6. The zero-order valence-electron chi connectivity index (χ0n) is 15.7. The lowest BCUT2D eigenvalue weighted by Gasteiger charge is -2.26. The highest BCUT2D eigenvalue weighted by atomic mass is 19.4. The fourth-order valence-corrected chi connectivity index (χ4v) is 3.05. The second kappa shape index (κ2) is 8.98. The molecule has 1 heterocycles. The number of nitrogens with one attached hydrogen (secondary N) is 1. The molecule has 1 fully saturated rings. The number of anilines is 1. The van der Waals surface area contributed by atoms with Crippen LogP contribution in [0.4, 0.5) is 18.9 Å². The number of hydrogen-bond donors (Lipinski definition) is 1. The maximum absolute atomic E-state index is 12.5. The molecule has 1 saturated heterocycles. The molecule has 1 aliphatic rings. The minimum Gasteiger partial charge on any atom is -0.492 e. The van der Waals surface area contributed by atoms with E-state index < -0.39 is 11.7 Å². The summed E-state index contributed by atoms with van der Waals surface area (Å²) in [4.78, 5) is 25.9. The molecule has 2 aromatic carbocycles. The molecule has 2 amide bonds. The van der Waals surface area contributed by atoms with Crippen LogP contribution in [0.5, 0.6) is 5.75 Å². The summed E-state index contributed by atoms with van der Waals surface area (Å²) >= 11 is 0. The molecule has 0 bridgehead atoms. The van der Waals surface area contributed by atoms with Crippen molar-refractivity contribution in [1.29, 1.82) is 0 Å². The molecular weight excluding hydrogens is 385 g/mol. The van der Waals surface area contributed by atoms with Gasteiger partial charge in [-0.2, -0.15) is 13.2 Å². The van der Waals surface area contributed by atoms with Crippen molar-refractivity contribution in [1.82, 2.24) is 5.32 Å². The van der Waals surface area contributed by atoms with Crippen LogP contribution >= 0.6 is 0 Å². The van der Waals surface area contributed by atoms with Crippen LogP contribution in [0.25, 0.3) is 0 Å². The van der Waals surface area contributed by atoms with Gasteiger partial charge in [0.1, 0.15) is 12.4 Å². The molecule has 2 aromatic rings. The summed E-state index contributed by atoms with van der Waals surface area (Å²) in [7, 11) is 0. The summed E-state index contributed by atoms with van der Waals surface area (Å²) in [6.45, 7) is 1.01. The standard InChI is InChI=1S/C21H21F3N2O3/c22-21(23,24)16-6-10-18(11-7-16)29-14-12-25-20(28)15-4-8-17(9-5-15)26-13-2-1-3-19(26)27/h4-11H,1-3,12-14H2,(H,25,28). The van der Waals surface area contributed by atoms with Crippen LogP contribution in [-0.2, 0) is 11.0 Å². The SMILES string of the molecule is O=C(NCCOc1ccc(C(F)(F)F)cc1)c1ccc(N2CCCCC2=O)cc1. The highest BCUT2D eigenvalue weighted by Gasteiger charge is 2.30. The first-order chi connectivity index (χ1) is 13.8. The molecule has 1 N–H and O–H groups in total. The smallest absolute Gasteiger partial charge is 0.416 e. The molecule has 0 atom stereocenters. The van der Waals surface area contributed by atoms with Crippen LogP contribution < -0.4 is 15.0 Å². The van der Waals surface area contributed by atoms with Crippen molar-refractivity contribution in [3.63, 3.8) is 0 Å². The first-order valence-corrected chi connectivity index (χ1v) is 9.33. The first-order valence-electron chi connectivity index (χ1n) is 9.33. The molecule has 0 unspecified atom stereocenters. The quantitative estimate of drug-likeness (QED) is 0.737. The number of piperidine rings is 1. The van der Waals surface area contributed by atoms with Crippen LogP contribution in [0.2, 0.25) is 0 Å². The Morgan fingerprint density at radius 2 is 1.72 bits per heavy atom. The molecule has 154 valence electrons. The number of carbonyl (C=O) groups is 2. The van der Waals surface area contributed by atoms with Crippen LogP contribution in [-0.4, -0.2) is 31.5 Å². The summed E-state index contributed by atoms with van der Waals surface area (Å²) in [5.74, 6) is 0.0919. The lowest BCUT2D eigenvalue weighted by Crippen LogP contribution is -2.35. The average Bonchev–Trinajstić information content (AvgIpc) is 2.71. The van der Waals surface area contributed by atoms with E-state index in [0.29, 0.717) is 24.3 Å². The lowest BCUT2D eigenvalue weighted by atomic mass is 10.1. The fraction of sp³-hybridized carbons (Fsp3) is 0.333. The lowest BCUT2D eigenvalue weighted by molar-refractivity contribution is -0.137. The Bertz CT molecular complexity index is 849. The van der Waals surface area contributed by atoms with Gasteiger partial charge >= 0.3 is 6.18 Å². The Morgan fingerprint density at radius 1 is 1.03 bits per heavy atom. The molecule has 8 heteroatoms. The van der Waals surface area contributed by atoms with Crippen molar-refractivity contribution in [3.05, 3.63) is 59.7 Å². The van der Waals surface area contributed by atoms with Crippen molar-refractivity contribution in [2.45, 2.75) is 25.4 Å². The van der Waals surface area contributed by atoms with Gasteiger partial charge in [0.05, 0.1) is 12.1 Å². The van der Waals surface area contributed by atoms with Crippen molar-refractivity contribution >= 4 is 17.5 Å². The molecule has 29 heavy (non-hydrogen) atoms. The summed E-state index contributed by atoms with van der Waals surface area (Å²) in [5, 5.41) is 2.69. The van der Waals surface area contributed by atoms with E-state index in [-0.39, 0.29) is 25.0 Å². The predicted molar refractivity (Wildman–Crippen MR) is 102 cm³/mol. The Hall–Kier alpha value is -3.03. The normalized spacial score (nSPS) is 14.6. The fourth-order valence-electron chi connectivity index (χ4n) is 3.05. The second-order valence-corrected chi connectivity index (χ2v) is 6.68. The molecule has 0 aliphatic carbocycles. The number of nitrogens with zero attached hydrogens (tertiary/aromatic N) is 1. The van der Waals surface area contributed by atoms with E-state index in [9.17, 15) is 22.8 Å². The number of ether oxygens (including phenoxy) is 1. The van der Waals surface area contributed by atoms with Gasteiger partial charge in [-0.15, -0.1) is 0 Å². The van der Waals surface area contributed by atoms with Crippen LogP contribution in [0.3, 0.4) is 0 Å². The third-order valence-corrected chi connectivity index (χ3v) is 4.60. The van der Waals surface area contributed by atoms with Gasteiger partial charge in [-0.1, -0.05) is 0 Å². The summed E-state index contributed by atoms with van der Waals surface area (Å²) in [6, 6.07) is 11.2. The first kappa shape index (κ1) is 20.7. The second-order valence-electron chi connectivity index (χ2n) is 6.68. The molecule has 0 aromatic heterocycles. The van der Waals surface area contributed by atoms with Gasteiger partial charge in [0.25, 0.3) is 5.91 Å². The molecule has 3 rings (SSSR count). The minimum atomic E-state index is -4.39. The van der Waals surface area contributed by atoms with Gasteiger partial charge in [0, 0.05) is 24.2 Å². The van der Waals surface area contributed by atoms with E-state index in [0.717, 1.165) is 30.7 Å². The van der Waals surface area contributed by atoms with Crippen molar-refractivity contribution in [2.75, 3.05) is 24.6 Å². The van der Waals surface area contributed by atoms with Gasteiger partial charge < -0.3 is 15.0 Å². The maximum Gasteiger partial charge on any atom is 0.416 e. The molecule has 1 aliphatic heterocycles. The Kier molecular flexibility index (Phi) is 6.41. The molecule has 5 nitrogen and oxygen atoms in total. The van der Waals surface area contributed by atoms with E-state index in [1.165, 1.54) is 12.1 Å². The maximum atomic E-state index is 12.5. The van der Waals surface area contributed by atoms with E-state index in [2.05, 4.69) is 5.32 Å². The van der Waals surface area contributed by atoms with Gasteiger partial charge in [0.15, 0.2) is 0 Å².